The van der Waals surface area contributed by atoms with Gasteiger partial charge in [0.15, 0.2) is 0 Å². The van der Waals surface area contributed by atoms with Gasteiger partial charge in [0.25, 0.3) is 0 Å². The van der Waals surface area contributed by atoms with E-state index in [4.69, 9.17) is 10.2 Å². The number of aliphatic carboxylic acids is 2. The summed E-state index contributed by atoms with van der Waals surface area (Å²) in [5.74, 6) is -1.63. The SMILES string of the molecule is CCC(C)C(=O)OC.CCC(C)c1ccc(CN(CC(=O)O)CC(=O)O)cc1. The number of hydrogen-bond donors (Lipinski definition) is 2. The molecule has 1 rings (SSSR count). The molecule has 2 N–H and O–H groups in total. The molecule has 0 fully saturated rings. The first-order valence-electron chi connectivity index (χ1n) is 9.47. The minimum Gasteiger partial charge on any atom is -0.480 e. The number of rotatable bonds is 10. The molecule has 0 heterocycles. The first-order valence-corrected chi connectivity index (χ1v) is 9.47. The number of carboxylic acids is 2. The summed E-state index contributed by atoms with van der Waals surface area (Å²) in [6.07, 6.45) is 1.91. The van der Waals surface area contributed by atoms with Crippen molar-refractivity contribution in [1.29, 1.82) is 0 Å². The molecule has 7 nitrogen and oxygen atoms in total. The van der Waals surface area contributed by atoms with Crippen LogP contribution < -0.4 is 0 Å². The fourth-order valence-corrected chi connectivity index (χ4v) is 2.36. The molecule has 158 valence electrons. The van der Waals surface area contributed by atoms with Crippen LogP contribution in [0.3, 0.4) is 0 Å². The number of hydrogen-bond acceptors (Lipinski definition) is 5. The molecule has 0 saturated carbocycles. The summed E-state index contributed by atoms with van der Waals surface area (Å²) in [5, 5.41) is 17.6. The molecule has 1 aromatic carbocycles. The minimum absolute atomic E-state index is 0.0556. The number of carboxylic acid groups (broad SMARTS) is 2. The highest BCUT2D eigenvalue weighted by atomic mass is 16.5. The maximum absolute atomic E-state index is 10.7. The Morgan fingerprint density at radius 1 is 0.964 bits per heavy atom. The Bertz CT molecular complexity index is 598. The zero-order valence-corrected chi connectivity index (χ0v) is 17.5. The normalized spacial score (nSPS) is 12.5. The van der Waals surface area contributed by atoms with Crippen molar-refractivity contribution >= 4 is 17.9 Å². The van der Waals surface area contributed by atoms with Crippen LogP contribution in [-0.4, -0.2) is 53.2 Å². The molecule has 0 bridgehead atoms. The zero-order chi connectivity index (χ0) is 21.7. The van der Waals surface area contributed by atoms with Crippen molar-refractivity contribution in [1.82, 2.24) is 4.90 Å². The lowest BCUT2D eigenvalue weighted by Gasteiger charge is -2.18. The van der Waals surface area contributed by atoms with Crippen LogP contribution in [0.5, 0.6) is 0 Å². The number of esters is 1. The lowest BCUT2D eigenvalue weighted by molar-refractivity contribution is -0.145. The van der Waals surface area contributed by atoms with Gasteiger partial charge in [-0.25, -0.2) is 0 Å². The fourth-order valence-electron chi connectivity index (χ4n) is 2.36. The second-order valence-electron chi connectivity index (χ2n) is 6.82. The Morgan fingerprint density at radius 2 is 1.46 bits per heavy atom. The van der Waals surface area contributed by atoms with Gasteiger partial charge in [0.05, 0.1) is 26.1 Å². The molecule has 0 amide bonds. The van der Waals surface area contributed by atoms with Crippen LogP contribution in [0, 0.1) is 5.92 Å². The third-order valence-electron chi connectivity index (χ3n) is 4.50. The molecule has 2 unspecified atom stereocenters. The van der Waals surface area contributed by atoms with E-state index >= 15 is 0 Å². The second-order valence-corrected chi connectivity index (χ2v) is 6.82. The van der Waals surface area contributed by atoms with Crippen LogP contribution in [0.15, 0.2) is 24.3 Å². The van der Waals surface area contributed by atoms with E-state index in [-0.39, 0.29) is 25.0 Å². The largest absolute Gasteiger partial charge is 0.480 e. The average molecular weight is 395 g/mol. The molecule has 1 aromatic rings. The smallest absolute Gasteiger partial charge is 0.317 e. The number of nitrogens with zero attached hydrogens (tertiary/aromatic N) is 1. The van der Waals surface area contributed by atoms with Gasteiger partial charge in [-0.15, -0.1) is 0 Å². The average Bonchev–Trinajstić information content (AvgIpc) is 2.66. The van der Waals surface area contributed by atoms with Crippen molar-refractivity contribution in [2.75, 3.05) is 20.2 Å². The predicted octanol–water partition coefficient (Wildman–Crippen LogP) is 3.38. The number of carbonyl (C=O) groups excluding carboxylic acids is 1. The molecule has 2 atom stereocenters. The van der Waals surface area contributed by atoms with Crippen molar-refractivity contribution in [3.8, 4) is 0 Å². The second kappa shape index (κ2) is 13.7. The van der Waals surface area contributed by atoms with Crippen molar-refractivity contribution in [3.05, 3.63) is 35.4 Å². The third-order valence-corrected chi connectivity index (χ3v) is 4.50. The summed E-state index contributed by atoms with van der Waals surface area (Å²) in [4.78, 5) is 33.4. The van der Waals surface area contributed by atoms with Gasteiger partial charge in [0.2, 0.25) is 0 Å². The highest BCUT2D eigenvalue weighted by Crippen LogP contribution is 2.19. The quantitative estimate of drug-likeness (QED) is 0.585. The minimum atomic E-state index is -1.03. The van der Waals surface area contributed by atoms with Crippen molar-refractivity contribution < 1.29 is 29.3 Å². The standard InChI is InChI=1S/C15H21NO4.C6H12O2/c1-3-11(2)13-6-4-12(5-7-13)8-16(9-14(17)18)10-15(19)20;1-4-5(2)6(7)8-3/h4-7,11H,3,8-10H2,1-2H3,(H,17,18)(H,19,20);5H,4H2,1-3H3. The first kappa shape index (κ1) is 25.6. The van der Waals surface area contributed by atoms with Gasteiger partial charge < -0.3 is 14.9 Å². The van der Waals surface area contributed by atoms with Gasteiger partial charge in [0, 0.05) is 6.54 Å². The Labute approximate surface area is 167 Å². The maximum Gasteiger partial charge on any atom is 0.317 e. The summed E-state index contributed by atoms with van der Waals surface area (Å²) in [6.45, 7) is 7.85. The highest BCUT2D eigenvalue weighted by Gasteiger charge is 2.14. The molecule has 0 saturated heterocycles. The van der Waals surface area contributed by atoms with Gasteiger partial charge >= 0.3 is 17.9 Å². The Kier molecular flexibility index (Phi) is 12.5. The first-order chi connectivity index (χ1) is 13.1. The topological polar surface area (TPSA) is 104 Å². The molecule has 0 aliphatic heterocycles. The molecule has 7 heteroatoms. The van der Waals surface area contributed by atoms with Crippen molar-refractivity contribution in [2.45, 2.75) is 53.0 Å². The Balaban J connectivity index is 0.000000769. The van der Waals surface area contributed by atoms with Gasteiger partial charge in [-0.3, -0.25) is 19.3 Å². The Morgan fingerprint density at radius 3 is 1.79 bits per heavy atom. The van der Waals surface area contributed by atoms with E-state index in [1.807, 2.05) is 38.1 Å². The number of benzene rings is 1. The maximum atomic E-state index is 10.7. The molecular formula is C21H33NO6. The lowest BCUT2D eigenvalue weighted by atomic mass is 9.97. The summed E-state index contributed by atoms with van der Waals surface area (Å²) in [5.41, 5.74) is 2.15. The Hall–Kier alpha value is -2.41. The molecule has 0 radical (unpaired) electrons. The van der Waals surface area contributed by atoms with E-state index in [2.05, 4.69) is 18.6 Å². The van der Waals surface area contributed by atoms with Crippen LogP contribution >= 0.6 is 0 Å². The molecule has 0 aliphatic rings. The molecule has 0 aromatic heterocycles. The van der Waals surface area contributed by atoms with Crippen LogP contribution in [-0.2, 0) is 25.7 Å². The fraction of sp³-hybridized carbons (Fsp3) is 0.571. The van der Waals surface area contributed by atoms with Crippen molar-refractivity contribution in [2.24, 2.45) is 5.92 Å². The van der Waals surface area contributed by atoms with E-state index in [0.29, 0.717) is 12.5 Å². The lowest BCUT2D eigenvalue weighted by Crippen LogP contribution is -2.33. The number of methoxy groups -OCH3 is 1. The summed E-state index contributed by atoms with van der Waals surface area (Å²) in [6, 6.07) is 7.89. The predicted molar refractivity (Wildman–Crippen MR) is 107 cm³/mol. The van der Waals surface area contributed by atoms with Crippen molar-refractivity contribution in [3.63, 3.8) is 0 Å². The summed E-state index contributed by atoms with van der Waals surface area (Å²) >= 11 is 0. The van der Waals surface area contributed by atoms with E-state index in [1.54, 1.807) is 0 Å². The number of carbonyl (C=O) groups is 3. The van der Waals surface area contributed by atoms with Crippen LogP contribution in [0.2, 0.25) is 0 Å². The van der Waals surface area contributed by atoms with Gasteiger partial charge in [-0.2, -0.15) is 0 Å². The highest BCUT2D eigenvalue weighted by molar-refractivity contribution is 5.72. The monoisotopic (exact) mass is 395 g/mol. The van der Waals surface area contributed by atoms with Crippen LogP contribution in [0.25, 0.3) is 0 Å². The summed E-state index contributed by atoms with van der Waals surface area (Å²) in [7, 11) is 1.41. The molecule has 28 heavy (non-hydrogen) atoms. The van der Waals surface area contributed by atoms with E-state index < -0.39 is 11.9 Å². The summed E-state index contributed by atoms with van der Waals surface area (Å²) < 4.78 is 4.46. The third kappa shape index (κ3) is 10.7. The zero-order valence-electron chi connectivity index (χ0n) is 17.5. The van der Waals surface area contributed by atoms with E-state index in [9.17, 15) is 14.4 Å². The van der Waals surface area contributed by atoms with Gasteiger partial charge in [0.1, 0.15) is 0 Å². The number of ether oxygens (including phenoxy) is 1. The van der Waals surface area contributed by atoms with Crippen LogP contribution in [0.1, 0.15) is 57.6 Å². The molecule has 0 spiro atoms. The van der Waals surface area contributed by atoms with Gasteiger partial charge in [-0.05, 0) is 29.9 Å². The molecular weight excluding hydrogens is 362 g/mol. The van der Waals surface area contributed by atoms with E-state index in [0.717, 1.165) is 18.4 Å². The van der Waals surface area contributed by atoms with Gasteiger partial charge in [-0.1, -0.05) is 52.0 Å². The molecule has 0 aliphatic carbocycles. The van der Waals surface area contributed by atoms with Crippen LogP contribution in [0.4, 0.5) is 0 Å². The van der Waals surface area contributed by atoms with E-state index in [1.165, 1.54) is 17.6 Å².